The highest BCUT2D eigenvalue weighted by Gasteiger charge is 2.08. The molecule has 0 fully saturated rings. The van der Waals surface area contributed by atoms with E-state index in [0.717, 1.165) is 0 Å². The van der Waals surface area contributed by atoms with Gasteiger partial charge in [0, 0.05) is 26.2 Å². The maximum atomic E-state index is 11.2. The lowest BCUT2D eigenvalue weighted by molar-refractivity contribution is -0.123. The van der Waals surface area contributed by atoms with Gasteiger partial charge in [-0.2, -0.15) is 0 Å². The van der Waals surface area contributed by atoms with Crippen LogP contribution in [0.3, 0.4) is 0 Å². The Labute approximate surface area is 87.7 Å². The van der Waals surface area contributed by atoms with Crippen LogP contribution in [0.25, 0.3) is 0 Å². The van der Waals surface area contributed by atoms with Crippen LogP contribution in [0.2, 0.25) is 0 Å². The third-order valence-electron chi connectivity index (χ3n) is 1.92. The Morgan fingerprint density at radius 2 is 1.71 bits per heavy atom. The van der Waals surface area contributed by atoms with Gasteiger partial charge in [-0.25, -0.2) is 0 Å². The average Bonchev–Trinajstić information content (AvgIpc) is 2.02. The van der Waals surface area contributed by atoms with Crippen molar-refractivity contribution in [3.63, 3.8) is 0 Å². The van der Waals surface area contributed by atoms with E-state index in [0.29, 0.717) is 19.3 Å². The van der Waals surface area contributed by atoms with E-state index in [1.165, 1.54) is 0 Å². The summed E-state index contributed by atoms with van der Waals surface area (Å²) < 4.78 is 0. The lowest BCUT2D eigenvalue weighted by Crippen LogP contribution is -2.29. The zero-order valence-corrected chi connectivity index (χ0v) is 9.59. The number of rotatable bonds is 6. The van der Waals surface area contributed by atoms with Crippen LogP contribution in [0.5, 0.6) is 0 Å². The minimum atomic E-state index is 0. The highest BCUT2D eigenvalue weighted by molar-refractivity contribution is 5.81. The summed E-state index contributed by atoms with van der Waals surface area (Å²) in [6, 6.07) is 0.184. The molecule has 0 radical (unpaired) electrons. The number of amides is 1. The second kappa shape index (κ2) is 6.57. The van der Waals surface area contributed by atoms with Gasteiger partial charge in [-0.3, -0.25) is 9.59 Å². The maximum absolute atomic E-state index is 11.2. The molecule has 0 aliphatic rings. The summed E-state index contributed by atoms with van der Waals surface area (Å²) in [7, 11) is 0. The zero-order valence-electron chi connectivity index (χ0n) is 9.59. The summed E-state index contributed by atoms with van der Waals surface area (Å²) >= 11 is 0. The number of carbonyl (C=O) groups is 2. The molecule has 0 saturated carbocycles. The molecule has 0 unspecified atom stereocenters. The van der Waals surface area contributed by atoms with Crippen molar-refractivity contribution in [2.24, 2.45) is 5.92 Å². The van der Waals surface area contributed by atoms with Crippen LogP contribution >= 0.6 is 0 Å². The Kier molecular flexibility index (Phi) is 6.17. The maximum Gasteiger partial charge on any atom is 0.220 e. The molecule has 0 spiro atoms. The molecule has 3 heteroatoms. The first-order valence-electron chi connectivity index (χ1n) is 5.25. The monoisotopic (exact) mass is 201 g/mol. The Morgan fingerprint density at radius 3 is 2.14 bits per heavy atom. The molecule has 0 rings (SSSR count). The van der Waals surface area contributed by atoms with Gasteiger partial charge < -0.3 is 5.32 Å². The summed E-state index contributed by atoms with van der Waals surface area (Å²) in [6.07, 6.45) is 1.63. The second-order valence-corrected chi connectivity index (χ2v) is 4.20. The van der Waals surface area contributed by atoms with Crippen LogP contribution in [-0.4, -0.2) is 17.7 Å². The van der Waals surface area contributed by atoms with Crippen LogP contribution in [0.15, 0.2) is 0 Å². The van der Waals surface area contributed by atoms with Crippen LogP contribution in [0.4, 0.5) is 0 Å². The van der Waals surface area contributed by atoms with E-state index in [-0.39, 0.29) is 25.1 Å². The van der Waals surface area contributed by atoms with Crippen molar-refractivity contribution < 1.29 is 11.0 Å². The molecule has 0 aromatic carbocycles. The topological polar surface area (TPSA) is 46.2 Å². The molecule has 14 heavy (non-hydrogen) atoms. The van der Waals surface area contributed by atoms with Gasteiger partial charge in [0.15, 0.2) is 0 Å². The van der Waals surface area contributed by atoms with Crippen molar-refractivity contribution in [1.29, 1.82) is 0 Å². The molecule has 1 amide bonds. The van der Waals surface area contributed by atoms with Crippen LogP contribution in [0, 0.1) is 5.92 Å². The third-order valence-corrected chi connectivity index (χ3v) is 1.92. The second-order valence-electron chi connectivity index (χ2n) is 4.20. The quantitative estimate of drug-likeness (QED) is 0.715. The Balaban J connectivity index is 0. The Hall–Kier alpha value is -0.860. The summed E-state index contributed by atoms with van der Waals surface area (Å²) in [6.45, 7) is 7.63. The van der Waals surface area contributed by atoms with Gasteiger partial charge in [-0.1, -0.05) is 13.8 Å². The molecule has 0 heterocycles. The molecule has 0 saturated heterocycles. The first-order chi connectivity index (χ1) is 6.43. The van der Waals surface area contributed by atoms with E-state index >= 15 is 0 Å². The minimum absolute atomic E-state index is 0. The number of Topliss-reactive ketones (excluding diaryl/α,β-unsaturated/α-hetero) is 1. The summed E-state index contributed by atoms with van der Waals surface area (Å²) in [5.74, 6) is 0.363. The third kappa shape index (κ3) is 6.63. The first-order valence-corrected chi connectivity index (χ1v) is 5.25. The predicted octanol–water partition coefficient (Wildman–Crippen LogP) is 2.15. The Bertz CT molecular complexity index is 203. The average molecular weight is 201 g/mol. The summed E-state index contributed by atoms with van der Waals surface area (Å²) in [5.41, 5.74) is 0. The van der Waals surface area contributed by atoms with Gasteiger partial charge in [0.1, 0.15) is 5.78 Å². The van der Waals surface area contributed by atoms with E-state index in [9.17, 15) is 9.59 Å². The molecule has 0 aromatic heterocycles. The molecule has 0 atom stereocenters. The van der Waals surface area contributed by atoms with Crippen LogP contribution in [-0.2, 0) is 9.59 Å². The molecule has 84 valence electrons. The van der Waals surface area contributed by atoms with Gasteiger partial charge in [0.05, 0.1) is 0 Å². The number of ketones is 1. The van der Waals surface area contributed by atoms with E-state index in [1.54, 1.807) is 0 Å². The number of hydrogen-bond acceptors (Lipinski definition) is 2. The molecule has 1 N–H and O–H groups in total. The van der Waals surface area contributed by atoms with Gasteiger partial charge in [-0.15, -0.1) is 0 Å². The van der Waals surface area contributed by atoms with E-state index in [2.05, 4.69) is 5.32 Å². The van der Waals surface area contributed by atoms with Gasteiger partial charge in [0.2, 0.25) is 5.91 Å². The fraction of sp³-hybridized carbons (Fsp3) is 0.818. The van der Waals surface area contributed by atoms with E-state index < -0.39 is 0 Å². The van der Waals surface area contributed by atoms with Gasteiger partial charge in [-0.05, 0) is 20.3 Å². The van der Waals surface area contributed by atoms with Crippen molar-refractivity contribution >= 4 is 11.7 Å². The van der Waals surface area contributed by atoms with E-state index in [1.807, 2.05) is 27.7 Å². The molecule has 3 nitrogen and oxygen atoms in total. The highest BCUT2D eigenvalue weighted by atomic mass is 16.1. The van der Waals surface area contributed by atoms with Crippen LogP contribution in [0.1, 0.15) is 48.4 Å². The minimum Gasteiger partial charge on any atom is -0.354 e. The highest BCUT2D eigenvalue weighted by Crippen LogP contribution is 2.04. The smallest absolute Gasteiger partial charge is 0.220 e. The fourth-order valence-electron chi connectivity index (χ4n) is 1.11. The molecule has 0 aliphatic heterocycles. The van der Waals surface area contributed by atoms with Gasteiger partial charge in [0.25, 0.3) is 0 Å². The molecular formula is C11H23NO2. The van der Waals surface area contributed by atoms with E-state index in [4.69, 9.17) is 0 Å². The zero-order chi connectivity index (χ0) is 11.1. The predicted molar refractivity (Wildman–Crippen MR) is 59.1 cm³/mol. The standard InChI is InChI=1S/C11H21NO2.H2/c1-8(2)10(13)6-5-7-11(14)12-9(3)4;/h8-9H,5-7H2,1-4H3,(H,12,14);1H. The molecule has 0 bridgehead atoms. The normalized spacial score (nSPS) is 10.7. The fourth-order valence-corrected chi connectivity index (χ4v) is 1.11. The van der Waals surface area contributed by atoms with Crippen molar-refractivity contribution in [1.82, 2.24) is 5.32 Å². The lowest BCUT2D eigenvalue weighted by atomic mass is 10.0. The number of nitrogens with one attached hydrogen (secondary N) is 1. The largest absolute Gasteiger partial charge is 0.354 e. The lowest BCUT2D eigenvalue weighted by Gasteiger charge is -2.08. The van der Waals surface area contributed by atoms with Crippen molar-refractivity contribution in [3.8, 4) is 0 Å². The Morgan fingerprint density at radius 1 is 1.14 bits per heavy atom. The first kappa shape index (κ1) is 13.1. The van der Waals surface area contributed by atoms with Crippen molar-refractivity contribution in [3.05, 3.63) is 0 Å². The summed E-state index contributed by atoms with van der Waals surface area (Å²) in [4.78, 5) is 22.4. The van der Waals surface area contributed by atoms with Crippen LogP contribution < -0.4 is 5.32 Å². The summed E-state index contributed by atoms with van der Waals surface area (Å²) in [5, 5.41) is 2.80. The molecule has 0 aromatic rings. The number of hydrogen-bond donors (Lipinski definition) is 1. The van der Waals surface area contributed by atoms with Crippen molar-refractivity contribution in [2.45, 2.75) is 53.0 Å². The SMILES string of the molecule is CC(C)NC(=O)CCCC(=O)C(C)C.[HH]. The molecular weight excluding hydrogens is 178 g/mol. The van der Waals surface area contributed by atoms with Crippen molar-refractivity contribution in [2.75, 3.05) is 0 Å². The van der Waals surface area contributed by atoms with Gasteiger partial charge >= 0.3 is 0 Å². The molecule has 0 aliphatic carbocycles. The number of carbonyl (C=O) groups excluding carboxylic acids is 2.